The van der Waals surface area contributed by atoms with Crippen LogP contribution in [0.1, 0.15) is 43.4 Å². The molecule has 0 spiro atoms. The van der Waals surface area contributed by atoms with Crippen molar-refractivity contribution in [3.05, 3.63) is 94.5 Å². The molecule has 0 unspecified atom stereocenters. The maximum atomic E-state index is 14.0. The molecule has 4 rings (SSSR count). The van der Waals surface area contributed by atoms with Crippen LogP contribution in [0.3, 0.4) is 0 Å². The van der Waals surface area contributed by atoms with E-state index in [-0.39, 0.29) is 19.8 Å². The Bertz CT molecular complexity index is 1420. The van der Waals surface area contributed by atoms with E-state index in [1.165, 1.54) is 0 Å². The van der Waals surface area contributed by atoms with Crippen LogP contribution in [0.15, 0.2) is 72.8 Å². The van der Waals surface area contributed by atoms with Gasteiger partial charge in [-0.1, -0.05) is 54.1 Å². The molecule has 2 atom stereocenters. The Morgan fingerprint density at radius 2 is 1.72 bits per heavy atom. The van der Waals surface area contributed by atoms with Crippen LogP contribution < -0.4 is 9.47 Å². The Kier molecular flexibility index (Phi) is 10.2. The predicted octanol–water partition coefficient (Wildman–Crippen LogP) is 6.47. The summed E-state index contributed by atoms with van der Waals surface area (Å²) in [6.07, 6.45) is -0.909. The van der Waals surface area contributed by atoms with E-state index < -0.39 is 35.6 Å². The smallest absolute Gasteiger partial charge is 0.417 e. The van der Waals surface area contributed by atoms with Gasteiger partial charge in [0, 0.05) is 22.2 Å². The summed E-state index contributed by atoms with van der Waals surface area (Å²) in [7, 11) is 3.12. The lowest BCUT2D eigenvalue weighted by atomic mass is 9.97. The molecule has 10 heteroatoms. The highest BCUT2D eigenvalue weighted by atomic mass is 35.5. The number of methoxy groups -OCH3 is 2. The van der Waals surface area contributed by atoms with Crippen LogP contribution in [-0.4, -0.2) is 66.9 Å². The molecule has 1 aliphatic heterocycles. The molecule has 228 valence electrons. The number of hydrogen-bond donors (Lipinski definition) is 0. The van der Waals surface area contributed by atoms with Gasteiger partial charge in [0.15, 0.2) is 0 Å². The number of cyclic esters (lactones) is 1. The van der Waals surface area contributed by atoms with Crippen molar-refractivity contribution in [1.29, 1.82) is 0 Å². The largest absolute Gasteiger partial charge is 0.497 e. The second-order valence-electron chi connectivity index (χ2n) is 11.2. The van der Waals surface area contributed by atoms with Crippen LogP contribution in [0.4, 0.5) is 9.59 Å². The summed E-state index contributed by atoms with van der Waals surface area (Å²) in [5, 5.41) is 0.488. The molecule has 1 fully saturated rings. The zero-order valence-corrected chi connectivity index (χ0v) is 25.8. The van der Waals surface area contributed by atoms with Crippen molar-refractivity contribution in [3.63, 3.8) is 0 Å². The quantitative estimate of drug-likeness (QED) is 0.260. The van der Waals surface area contributed by atoms with Gasteiger partial charge in [-0.2, -0.15) is 0 Å². The van der Waals surface area contributed by atoms with Crippen LogP contribution in [0, 0.1) is 0 Å². The maximum absolute atomic E-state index is 14.0. The number of carbonyl (C=O) groups excluding carboxylic acids is 3. The van der Waals surface area contributed by atoms with E-state index >= 15 is 0 Å². The minimum absolute atomic E-state index is 0.0775. The standard InChI is InChI=1S/C33H37ClN2O7/c1-33(2,3)35(19-24-13-16-27(40-4)18-29(24)41-5)31(38)43-21-28(23-11-14-25(34)15-12-23)30(37)36-26(20-42-32(36)39)17-22-9-7-6-8-10-22/h6-16,18,26,28H,17,19-21H2,1-5H3/t26-,28-/m1/s1. The van der Waals surface area contributed by atoms with Crippen molar-refractivity contribution in [2.75, 3.05) is 27.4 Å². The Balaban J connectivity index is 1.57. The minimum Gasteiger partial charge on any atom is -0.497 e. The summed E-state index contributed by atoms with van der Waals surface area (Å²) in [5.41, 5.74) is 1.64. The van der Waals surface area contributed by atoms with E-state index in [1.807, 2.05) is 57.2 Å². The Morgan fingerprint density at radius 3 is 2.35 bits per heavy atom. The van der Waals surface area contributed by atoms with Gasteiger partial charge >= 0.3 is 12.2 Å². The molecular weight excluding hydrogens is 572 g/mol. The number of benzene rings is 3. The van der Waals surface area contributed by atoms with Crippen molar-refractivity contribution < 1.29 is 33.3 Å². The van der Waals surface area contributed by atoms with Gasteiger partial charge in [0.25, 0.3) is 0 Å². The van der Waals surface area contributed by atoms with Crippen molar-refractivity contribution in [3.8, 4) is 11.5 Å². The lowest BCUT2D eigenvalue weighted by Crippen LogP contribution is -2.47. The van der Waals surface area contributed by atoms with Gasteiger partial charge in [-0.05, 0) is 62.6 Å². The third kappa shape index (κ3) is 7.78. The lowest BCUT2D eigenvalue weighted by molar-refractivity contribution is -0.131. The molecular formula is C33H37ClN2O7. The molecule has 0 bridgehead atoms. The number of nitrogens with zero attached hydrogens (tertiary/aromatic N) is 2. The second-order valence-corrected chi connectivity index (χ2v) is 11.7. The van der Waals surface area contributed by atoms with E-state index in [0.717, 1.165) is 16.0 Å². The van der Waals surface area contributed by atoms with Crippen LogP contribution in [-0.2, 0) is 27.2 Å². The van der Waals surface area contributed by atoms with Gasteiger partial charge in [0.1, 0.15) is 24.7 Å². The normalized spacial score (nSPS) is 15.4. The van der Waals surface area contributed by atoms with Gasteiger partial charge in [-0.3, -0.25) is 9.69 Å². The summed E-state index contributed by atoms with van der Waals surface area (Å²) >= 11 is 6.12. The molecule has 9 nitrogen and oxygen atoms in total. The second kappa shape index (κ2) is 13.8. The van der Waals surface area contributed by atoms with Crippen LogP contribution >= 0.6 is 11.6 Å². The van der Waals surface area contributed by atoms with Crippen molar-refractivity contribution in [2.45, 2.75) is 51.2 Å². The van der Waals surface area contributed by atoms with Crippen molar-refractivity contribution in [2.24, 2.45) is 0 Å². The molecule has 43 heavy (non-hydrogen) atoms. The average molecular weight is 609 g/mol. The highest BCUT2D eigenvalue weighted by Crippen LogP contribution is 2.30. The maximum Gasteiger partial charge on any atom is 0.417 e. The van der Waals surface area contributed by atoms with E-state index in [4.69, 9.17) is 30.5 Å². The Labute approximate surface area is 257 Å². The van der Waals surface area contributed by atoms with Crippen LogP contribution in [0.5, 0.6) is 11.5 Å². The van der Waals surface area contributed by atoms with Gasteiger partial charge < -0.3 is 18.9 Å². The van der Waals surface area contributed by atoms with E-state index in [1.54, 1.807) is 55.5 Å². The Morgan fingerprint density at radius 1 is 1.02 bits per heavy atom. The number of halogens is 1. The molecule has 1 heterocycles. The highest BCUT2D eigenvalue weighted by Gasteiger charge is 2.42. The zero-order chi connectivity index (χ0) is 31.1. The fourth-order valence-electron chi connectivity index (χ4n) is 4.90. The molecule has 1 aliphatic rings. The minimum atomic E-state index is -0.970. The molecule has 0 saturated carbocycles. The van der Waals surface area contributed by atoms with E-state index in [0.29, 0.717) is 28.5 Å². The van der Waals surface area contributed by atoms with E-state index in [9.17, 15) is 14.4 Å². The number of imide groups is 1. The molecule has 0 aromatic heterocycles. The number of carbonyl (C=O) groups is 3. The molecule has 0 N–H and O–H groups in total. The first-order valence-corrected chi connectivity index (χ1v) is 14.3. The summed E-state index contributed by atoms with van der Waals surface area (Å²) in [6.45, 7) is 5.63. The molecule has 1 saturated heterocycles. The zero-order valence-electron chi connectivity index (χ0n) is 25.0. The fourth-order valence-corrected chi connectivity index (χ4v) is 5.03. The number of amides is 3. The topological polar surface area (TPSA) is 94.6 Å². The summed E-state index contributed by atoms with van der Waals surface area (Å²) in [4.78, 5) is 43.2. The Hall–Kier alpha value is -4.24. The SMILES string of the molecule is COc1ccc(CN(C(=O)OC[C@@H](C(=O)N2C(=O)OC[C@H]2Cc2ccccc2)c2ccc(Cl)cc2)C(C)(C)C)c(OC)c1. The van der Waals surface area contributed by atoms with Crippen LogP contribution in [0.25, 0.3) is 0 Å². The summed E-state index contributed by atoms with van der Waals surface area (Å²) in [6, 6.07) is 21.1. The average Bonchev–Trinajstić information content (AvgIpc) is 3.35. The molecule has 0 aliphatic carbocycles. The fraction of sp³-hybridized carbons (Fsp3) is 0.364. The summed E-state index contributed by atoms with van der Waals surface area (Å²) < 4.78 is 22.0. The van der Waals surface area contributed by atoms with Gasteiger partial charge in [0.05, 0.1) is 32.7 Å². The number of ether oxygens (including phenoxy) is 4. The first kappa shape index (κ1) is 31.7. The molecule has 3 aromatic carbocycles. The lowest BCUT2D eigenvalue weighted by Gasteiger charge is -2.35. The van der Waals surface area contributed by atoms with Crippen molar-refractivity contribution >= 4 is 29.7 Å². The monoisotopic (exact) mass is 608 g/mol. The van der Waals surface area contributed by atoms with Gasteiger partial charge in [0.2, 0.25) is 5.91 Å². The molecule has 3 amide bonds. The third-order valence-electron chi connectivity index (χ3n) is 7.31. The summed E-state index contributed by atoms with van der Waals surface area (Å²) in [5.74, 6) is -0.298. The van der Waals surface area contributed by atoms with Gasteiger partial charge in [-0.15, -0.1) is 0 Å². The molecule has 0 radical (unpaired) electrons. The van der Waals surface area contributed by atoms with E-state index in [2.05, 4.69) is 0 Å². The molecule has 3 aromatic rings. The van der Waals surface area contributed by atoms with Crippen molar-refractivity contribution in [1.82, 2.24) is 9.80 Å². The highest BCUT2D eigenvalue weighted by molar-refractivity contribution is 6.30. The number of rotatable bonds is 10. The third-order valence-corrected chi connectivity index (χ3v) is 7.56. The van der Waals surface area contributed by atoms with Gasteiger partial charge in [-0.25, -0.2) is 14.5 Å². The predicted molar refractivity (Wildman–Crippen MR) is 163 cm³/mol. The first-order valence-electron chi connectivity index (χ1n) is 14.0. The first-order chi connectivity index (χ1) is 20.5. The van der Waals surface area contributed by atoms with Crippen LogP contribution in [0.2, 0.25) is 5.02 Å². The number of hydrogen-bond acceptors (Lipinski definition) is 7.